The van der Waals surface area contributed by atoms with E-state index in [1.54, 1.807) is 7.11 Å². The summed E-state index contributed by atoms with van der Waals surface area (Å²) < 4.78 is 25.0. The number of fused-ring (bicyclic) bond motifs is 6. The maximum absolute atomic E-state index is 15.8. The van der Waals surface area contributed by atoms with Gasteiger partial charge in [-0.05, 0) is 75.8 Å². The number of quaternary nitrogens is 1. The predicted octanol–water partition coefficient (Wildman–Crippen LogP) is 3.27. The monoisotopic (exact) mass is 950 g/mol. The Hall–Kier alpha value is -4.92. The molecule has 2 bridgehead atoms. The van der Waals surface area contributed by atoms with Gasteiger partial charge in [-0.25, -0.2) is 4.79 Å². The Morgan fingerprint density at radius 3 is 2.37 bits per heavy atom. The Morgan fingerprint density at radius 2 is 1.68 bits per heavy atom. The molecule has 14 heteroatoms. The van der Waals surface area contributed by atoms with Gasteiger partial charge < -0.3 is 55.9 Å². The summed E-state index contributed by atoms with van der Waals surface area (Å²) >= 11 is 0. The van der Waals surface area contributed by atoms with Gasteiger partial charge >= 0.3 is 17.9 Å². The number of esters is 3. The molecule has 5 aliphatic heterocycles. The number of carbonyl (C=O) groups is 3. The summed E-state index contributed by atoms with van der Waals surface area (Å²) in [6.07, 6.45) is 6.10. The summed E-state index contributed by atoms with van der Waals surface area (Å²) in [6.45, 7) is 11.0. The molecule has 3 fully saturated rings. The van der Waals surface area contributed by atoms with Gasteiger partial charge in [0, 0.05) is 89.2 Å². The molecule has 1 aromatic heterocycles. The van der Waals surface area contributed by atoms with Gasteiger partial charge in [-0.1, -0.05) is 67.6 Å². The fourth-order valence-electron chi connectivity index (χ4n) is 15.6. The number of aromatic nitrogens is 1. The van der Waals surface area contributed by atoms with Crippen molar-refractivity contribution in [2.24, 2.45) is 11.3 Å². The number of para-hydroxylation sites is 1. The van der Waals surface area contributed by atoms with Crippen LogP contribution in [0.15, 0.2) is 78.9 Å². The van der Waals surface area contributed by atoms with Crippen molar-refractivity contribution in [2.45, 2.75) is 112 Å². The van der Waals surface area contributed by atoms with Crippen LogP contribution < -0.4 is 22.0 Å². The molecular formula is C54H67ClN4O9. The largest absolute Gasteiger partial charge is 1.00 e. The lowest BCUT2D eigenvalue weighted by molar-refractivity contribution is -0.968. The maximum atomic E-state index is 15.8. The number of halogens is 1. The number of H-pyrrole nitrogens is 1. The van der Waals surface area contributed by atoms with E-state index in [0.717, 1.165) is 52.9 Å². The second kappa shape index (κ2) is 16.9. The van der Waals surface area contributed by atoms with Crippen LogP contribution in [-0.2, 0) is 45.8 Å². The smallest absolute Gasteiger partial charge is 0.344 e. The van der Waals surface area contributed by atoms with E-state index in [2.05, 4.69) is 71.4 Å². The van der Waals surface area contributed by atoms with E-state index in [4.69, 9.17) is 18.9 Å². The number of likely N-dealkylation sites (N-methyl/N-ethyl adjacent to an activating group) is 1. The Morgan fingerprint density at radius 1 is 0.956 bits per heavy atom. The molecule has 1 saturated carbocycles. The Bertz CT molecular complexity index is 2670. The van der Waals surface area contributed by atoms with E-state index in [1.807, 2.05) is 50.1 Å². The van der Waals surface area contributed by atoms with Gasteiger partial charge in [0.25, 0.3) is 0 Å². The van der Waals surface area contributed by atoms with Crippen molar-refractivity contribution in [1.29, 1.82) is 0 Å². The lowest BCUT2D eigenvalue weighted by Crippen LogP contribution is -3.00. The van der Waals surface area contributed by atoms with E-state index < -0.39 is 57.5 Å². The standard InChI is InChI=1S/C54H67N4O9.ClH/c1-9-51-22-16-24-57-25-23-52(45(51)57)39-27-40(43(64-6)28-42(39)56(5)46(52)54(63,49(61)66-8)47(51)67-34(3)59)53(48(60)65-7)30-35-29-50(4,62)32-58(31-35,33(2)36-17-11-10-12-18-36)26-15-20-38-37-19-13-14-21-41(37)55-44(38)53;/h10-14,16-19,21-22,27-28,33,35,45-47,55,62-63H,9,15,20,23-26,29-32H2,1-8H3;1H/q+1;/p-1/t33?,35-,45+,46-,47-,50+,51-,52-,53+,54+,58?;/m1./s1. The first-order valence-corrected chi connectivity index (χ1v) is 24.2. The molecule has 0 amide bonds. The number of aromatic amines is 1. The van der Waals surface area contributed by atoms with Gasteiger partial charge in [0.15, 0.2) is 6.10 Å². The molecule has 11 atom stereocenters. The van der Waals surface area contributed by atoms with E-state index >= 15 is 4.79 Å². The third-order valence-electron chi connectivity index (χ3n) is 17.7. The number of methoxy groups -OCH3 is 3. The van der Waals surface area contributed by atoms with Gasteiger partial charge in [-0.2, -0.15) is 0 Å². The fourth-order valence-corrected chi connectivity index (χ4v) is 15.6. The van der Waals surface area contributed by atoms with Crippen molar-refractivity contribution < 1.29 is 60.4 Å². The number of aryl methyl sites for hydroxylation is 1. The number of hydrogen-bond acceptors (Lipinski definition) is 11. The van der Waals surface area contributed by atoms with Crippen LogP contribution in [0.5, 0.6) is 5.75 Å². The van der Waals surface area contributed by atoms with Gasteiger partial charge in [-0.15, -0.1) is 0 Å². The number of anilines is 1. The van der Waals surface area contributed by atoms with Crippen LogP contribution in [0.25, 0.3) is 10.9 Å². The molecule has 1 spiro atoms. The molecule has 3 N–H and O–H groups in total. The SMILES string of the molecule is CC[C@]12C=CCN3CC[C@@]4(c5cc([C@@]6(C(=O)OC)C[C@H]7C[C@](C)(O)C[N+](C(C)c8ccccc8)(CCCc8c6[nH]c6ccccc86)C7)c(OC)cc5N(C)[C@H]4[C@@](O)(C(=O)OC)[C@@H]1OC(C)=O)[C@@H]32.[Cl-]. The summed E-state index contributed by atoms with van der Waals surface area (Å²) in [5.74, 6) is -1.65. The van der Waals surface area contributed by atoms with Crippen LogP contribution >= 0.6 is 0 Å². The summed E-state index contributed by atoms with van der Waals surface area (Å²) in [7, 11) is 6.21. The number of nitrogens with one attached hydrogen (secondary N) is 1. The Kier molecular flexibility index (Phi) is 12.0. The zero-order chi connectivity index (χ0) is 47.5. The molecule has 2 unspecified atom stereocenters. The minimum absolute atomic E-state index is 0. The normalized spacial score (nSPS) is 35.2. The van der Waals surface area contributed by atoms with Gasteiger partial charge in [0.05, 0.1) is 40.5 Å². The quantitative estimate of drug-likeness (QED) is 0.103. The van der Waals surface area contributed by atoms with Gasteiger partial charge in [0.1, 0.15) is 29.4 Å². The first-order chi connectivity index (χ1) is 32.0. The second-order valence-electron chi connectivity index (χ2n) is 21.1. The molecule has 6 heterocycles. The molecule has 3 aromatic carbocycles. The summed E-state index contributed by atoms with van der Waals surface area (Å²) in [5.41, 5.74) is -0.647. The van der Waals surface area contributed by atoms with Crippen LogP contribution in [0.4, 0.5) is 5.69 Å². The van der Waals surface area contributed by atoms with Crippen molar-refractivity contribution in [3.8, 4) is 5.75 Å². The first kappa shape index (κ1) is 48.1. The van der Waals surface area contributed by atoms with Crippen molar-refractivity contribution in [3.63, 3.8) is 0 Å². The van der Waals surface area contributed by atoms with Crippen molar-refractivity contribution in [3.05, 3.63) is 107 Å². The number of rotatable bonds is 8. The maximum Gasteiger partial charge on any atom is 0.344 e. The second-order valence-corrected chi connectivity index (χ2v) is 21.1. The molecule has 364 valence electrons. The van der Waals surface area contributed by atoms with E-state index in [0.29, 0.717) is 67.5 Å². The fraction of sp³-hybridized carbons (Fsp3) is 0.537. The summed E-state index contributed by atoms with van der Waals surface area (Å²) in [4.78, 5) is 51.7. The van der Waals surface area contributed by atoms with Gasteiger partial charge in [-0.3, -0.25) is 14.5 Å². The minimum Gasteiger partial charge on any atom is -1.00 e. The number of piperidine rings is 1. The predicted molar refractivity (Wildman–Crippen MR) is 254 cm³/mol. The average Bonchev–Trinajstić information content (AvgIpc) is 3.97. The van der Waals surface area contributed by atoms with Crippen LogP contribution in [0, 0.1) is 11.3 Å². The highest BCUT2D eigenvalue weighted by atomic mass is 35.5. The van der Waals surface area contributed by atoms with E-state index in [-0.39, 0.29) is 30.4 Å². The van der Waals surface area contributed by atoms with Crippen LogP contribution in [0.3, 0.4) is 0 Å². The average molecular weight is 952 g/mol. The summed E-state index contributed by atoms with van der Waals surface area (Å²) in [5, 5.41) is 27.0. The van der Waals surface area contributed by atoms with Crippen molar-refractivity contribution in [2.75, 3.05) is 66.0 Å². The number of nitrogens with zero attached hydrogens (tertiary/aromatic N) is 3. The zero-order valence-electron chi connectivity index (χ0n) is 40.6. The highest BCUT2D eigenvalue weighted by Crippen LogP contribution is 2.68. The van der Waals surface area contributed by atoms with Crippen LogP contribution in [-0.4, -0.2) is 133 Å². The summed E-state index contributed by atoms with van der Waals surface area (Å²) in [6, 6.07) is 21.7. The molecule has 10 rings (SSSR count). The van der Waals surface area contributed by atoms with Crippen molar-refractivity contribution in [1.82, 2.24) is 9.88 Å². The first-order valence-electron chi connectivity index (χ1n) is 24.2. The number of aliphatic hydroxyl groups is 2. The molecule has 4 aromatic rings. The topological polar surface area (TPSA) is 151 Å². The Labute approximate surface area is 405 Å². The minimum atomic E-state index is -2.32. The molecule has 1 aliphatic carbocycles. The number of hydrogen-bond donors (Lipinski definition) is 3. The zero-order valence-corrected chi connectivity index (χ0v) is 41.4. The highest BCUT2D eigenvalue weighted by Gasteiger charge is 2.80. The van der Waals surface area contributed by atoms with Crippen molar-refractivity contribution >= 4 is 34.5 Å². The lowest BCUT2D eigenvalue weighted by Gasteiger charge is -2.63. The molecule has 6 aliphatic rings. The highest BCUT2D eigenvalue weighted by molar-refractivity contribution is 5.95. The molecule has 0 radical (unpaired) electrons. The third-order valence-corrected chi connectivity index (χ3v) is 17.7. The Balaban J connectivity index is 0.00000578. The van der Waals surface area contributed by atoms with Gasteiger partial charge in [0.2, 0.25) is 5.60 Å². The number of benzene rings is 3. The van der Waals surface area contributed by atoms with E-state index in [9.17, 15) is 19.8 Å². The molecular weight excluding hydrogens is 884 g/mol. The third kappa shape index (κ3) is 6.51. The number of carbonyl (C=O) groups excluding carboxylic acids is 3. The molecule has 2 saturated heterocycles. The van der Waals surface area contributed by atoms with Crippen LogP contribution in [0.1, 0.15) is 93.8 Å². The number of ether oxygens (including phenoxy) is 4. The van der Waals surface area contributed by atoms with E-state index in [1.165, 1.54) is 26.7 Å². The lowest BCUT2D eigenvalue weighted by atomic mass is 9.47. The molecule has 68 heavy (non-hydrogen) atoms. The molecule has 13 nitrogen and oxygen atoms in total. The van der Waals surface area contributed by atoms with Crippen LogP contribution in [0.2, 0.25) is 0 Å².